The Labute approximate surface area is 217 Å². The molecule has 7 nitrogen and oxygen atoms in total. The monoisotopic (exact) mass is 526 g/mol. The van der Waals surface area contributed by atoms with Crippen LogP contribution in [0, 0.1) is 0 Å². The number of nitrogens with one attached hydrogen (secondary N) is 3. The normalized spacial score (nSPS) is 15.0. The van der Waals surface area contributed by atoms with Crippen LogP contribution in [-0.2, 0) is 16.6 Å². The van der Waals surface area contributed by atoms with E-state index in [9.17, 15) is 13.2 Å². The molecule has 0 radical (unpaired) electrons. The summed E-state index contributed by atoms with van der Waals surface area (Å²) in [5, 5.41) is 8.81. The minimum absolute atomic E-state index is 0.0854. The SMILES string of the molecule is CC(C)(C)NS(=O)(=O)c1ccc(-c2csc(C3CCCCC3)n2)c(NC(=O)NCc2ccccc2)c1. The first kappa shape index (κ1) is 26.3. The molecule has 1 aliphatic rings. The number of thiazole rings is 1. The van der Waals surface area contributed by atoms with Gasteiger partial charge in [0, 0.05) is 28.9 Å². The van der Waals surface area contributed by atoms with Crippen molar-refractivity contribution in [1.82, 2.24) is 15.0 Å². The van der Waals surface area contributed by atoms with Crippen LogP contribution in [0.4, 0.5) is 10.5 Å². The summed E-state index contributed by atoms with van der Waals surface area (Å²) in [5.74, 6) is 0.471. The number of urea groups is 1. The van der Waals surface area contributed by atoms with Crippen molar-refractivity contribution in [3.05, 3.63) is 64.5 Å². The number of anilines is 1. The van der Waals surface area contributed by atoms with Crippen molar-refractivity contribution in [2.45, 2.75) is 75.8 Å². The van der Waals surface area contributed by atoms with E-state index in [0.29, 0.717) is 23.7 Å². The number of hydrogen-bond donors (Lipinski definition) is 3. The van der Waals surface area contributed by atoms with Crippen molar-refractivity contribution < 1.29 is 13.2 Å². The minimum atomic E-state index is -3.78. The maximum absolute atomic E-state index is 13.0. The van der Waals surface area contributed by atoms with Crippen molar-refractivity contribution in [2.75, 3.05) is 5.32 Å². The first-order valence-corrected chi connectivity index (χ1v) is 14.7. The summed E-state index contributed by atoms with van der Waals surface area (Å²) in [7, 11) is -3.78. The number of benzene rings is 2. The lowest BCUT2D eigenvalue weighted by Crippen LogP contribution is -2.40. The predicted molar refractivity (Wildman–Crippen MR) is 146 cm³/mol. The third-order valence-electron chi connectivity index (χ3n) is 6.04. The fraction of sp³-hybridized carbons (Fsp3) is 0.407. The molecule has 3 aromatic rings. The highest BCUT2D eigenvalue weighted by atomic mass is 32.2. The molecule has 0 unspecified atom stereocenters. The minimum Gasteiger partial charge on any atom is -0.334 e. The van der Waals surface area contributed by atoms with Gasteiger partial charge in [-0.05, 0) is 57.4 Å². The molecular formula is C27H34N4O3S2. The standard InChI is InChI=1S/C27H34N4O3S2/c1-27(2,3)31-36(33,34)21-14-15-22(24-18-35-25(29-24)20-12-8-5-9-13-20)23(16-21)30-26(32)28-17-19-10-6-4-7-11-19/h4,6-7,10-11,14-16,18,20,31H,5,8-9,12-13,17H2,1-3H3,(H2,28,30,32). The number of carbonyl (C=O) groups excluding carboxylic acids is 1. The number of amides is 2. The summed E-state index contributed by atoms with van der Waals surface area (Å²) >= 11 is 1.63. The second-order valence-corrected chi connectivity index (χ2v) is 12.8. The van der Waals surface area contributed by atoms with Gasteiger partial charge in [-0.3, -0.25) is 0 Å². The van der Waals surface area contributed by atoms with Crippen molar-refractivity contribution in [2.24, 2.45) is 0 Å². The maximum atomic E-state index is 13.0. The van der Waals surface area contributed by atoms with Crippen LogP contribution < -0.4 is 15.4 Å². The van der Waals surface area contributed by atoms with E-state index in [1.54, 1.807) is 44.2 Å². The predicted octanol–water partition coefficient (Wildman–Crippen LogP) is 6.26. The van der Waals surface area contributed by atoms with Crippen LogP contribution in [-0.4, -0.2) is 25.0 Å². The Balaban J connectivity index is 1.62. The Morgan fingerprint density at radius 3 is 2.47 bits per heavy atom. The van der Waals surface area contributed by atoms with Gasteiger partial charge in [0.1, 0.15) is 0 Å². The van der Waals surface area contributed by atoms with E-state index in [4.69, 9.17) is 4.98 Å². The highest BCUT2D eigenvalue weighted by Gasteiger charge is 2.25. The average Bonchev–Trinajstić information content (AvgIpc) is 3.33. The largest absolute Gasteiger partial charge is 0.334 e. The van der Waals surface area contributed by atoms with Gasteiger partial charge in [-0.1, -0.05) is 49.6 Å². The van der Waals surface area contributed by atoms with Gasteiger partial charge in [0.15, 0.2) is 0 Å². The van der Waals surface area contributed by atoms with Gasteiger partial charge in [0.25, 0.3) is 0 Å². The Morgan fingerprint density at radius 2 is 1.78 bits per heavy atom. The highest BCUT2D eigenvalue weighted by Crippen LogP contribution is 2.38. The molecule has 192 valence electrons. The van der Waals surface area contributed by atoms with Crippen molar-refractivity contribution in [3.63, 3.8) is 0 Å². The van der Waals surface area contributed by atoms with Crippen LogP contribution in [0.25, 0.3) is 11.3 Å². The van der Waals surface area contributed by atoms with E-state index in [1.165, 1.54) is 25.3 Å². The Bertz CT molecular complexity index is 1290. The molecule has 1 fully saturated rings. The number of sulfonamides is 1. The molecule has 3 N–H and O–H groups in total. The molecule has 0 bridgehead atoms. The van der Waals surface area contributed by atoms with Crippen LogP contribution in [0.2, 0.25) is 0 Å². The molecule has 36 heavy (non-hydrogen) atoms. The van der Waals surface area contributed by atoms with E-state index in [0.717, 1.165) is 29.1 Å². The number of nitrogens with zero attached hydrogens (tertiary/aromatic N) is 1. The first-order chi connectivity index (χ1) is 17.1. The van der Waals surface area contributed by atoms with Crippen molar-refractivity contribution >= 4 is 33.1 Å². The summed E-state index contributed by atoms with van der Waals surface area (Å²) in [6.45, 7) is 5.72. The molecule has 0 atom stereocenters. The van der Waals surface area contributed by atoms with E-state index < -0.39 is 21.6 Å². The van der Waals surface area contributed by atoms with E-state index in [2.05, 4.69) is 15.4 Å². The Hall–Kier alpha value is -2.75. The van der Waals surface area contributed by atoms with Gasteiger partial charge in [-0.25, -0.2) is 22.9 Å². The molecule has 1 heterocycles. The third kappa shape index (κ3) is 6.93. The topological polar surface area (TPSA) is 100 Å². The van der Waals surface area contributed by atoms with E-state index in [-0.39, 0.29) is 4.90 Å². The zero-order valence-corrected chi connectivity index (χ0v) is 22.6. The number of carbonyl (C=O) groups is 1. The molecule has 1 aliphatic carbocycles. The van der Waals surface area contributed by atoms with Gasteiger partial charge < -0.3 is 10.6 Å². The van der Waals surface area contributed by atoms with Crippen LogP contribution >= 0.6 is 11.3 Å². The molecule has 1 saturated carbocycles. The summed E-state index contributed by atoms with van der Waals surface area (Å²) in [6, 6.07) is 14.0. The smallest absolute Gasteiger partial charge is 0.319 e. The average molecular weight is 527 g/mol. The third-order valence-corrected chi connectivity index (χ3v) is 8.80. The van der Waals surface area contributed by atoms with Gasteiger partial charge >= 0.3 is 6.03 Å². The molecule has 9 heteroatoms. The van der Waals surface area contributed by atoms with Gasteiger partial charge in [-0.15, -0.1) is 11.3 Å². The Kier molecular flexibility index (Phi) is 8.12. The van der Waals surface area contributed by atoms with Gasteiger partial charge in [0.2, 0.25) is 10.0 Å². The van der Waals surface area contributed by atoms with Crippen molar-refractivity contribution in [1.29, 1.82) is 0 Å². The molecular weight excluding hydrogens is 492 g/mol. The quantitative estimate of drug-likeness (QED) is 0.338. The molecule has 1 aromatic heterocycles. The van der Waals surface area contributed by atoms with Crippen LogP contribution in [0.1, 0.15) is 69.4 Å². The second kappa shape index (κ2) is 11.1. The molecule has 0 saturated heterocycles. The summed E-state index contributed by atoms with van der Waals surface area (Å²) < 4.78 is 28.7. The fourth-order valence-corrected chi connectivity index (χ4v) is 6.81. The Morgan fingerprint density at radius 1 is 1.06 bits per heavy atom. The zero-order chi connectivity index (χ0) is 25.8. The van der Waals surface area contributed by atoms with Crippen LogP contribution in [0.3, 0.4) is 0 Å². The van der Waals surface area contributed by atoms with Crippen molar-refractivity contribution in [3.8, 4) is 11.3 Å². The van der Waals surface area contributed by atoms with Gasteiger partial charge in [-0.2, -0.15) is 0 Å². The summed E-state index contributed by atoms with van der Waals surface area (Å²) in [4.78, 5) is 17.8. The number of hydrogen-bond acceptors (Lipinski definition) is 5. The lowest BCUT2D eigenvalue weighted by Gasteiger charge is -2.21. The van der Waals surface area contributed by atoms with Crippen LogP contribution in [0.15, 0.2) is 58.8 Å². The molecule has 2 aromatic carbocycles. The fourth-order valence-electron chi connectivity index (χ4n) is 4.37. The van der Waals surface area contributed by atoms with Crippen LogP contribution in [0.5, 0.6) is 0 Å². The summed E-state index contributed by atoms with van der Waals surface area (Å²) in [6.07, 6.45) is 6.02. The zero-order valence-electron chi connectivity index (χ0n) is 21.0. The summed E-state index contributed by atoms with van der Waals surface area (Å²) in [5.41, 5.74) is 2.17. The molecule has 0 aliphatic heterocycles. The molecule has 0 spiro atoms. The first-order valence-electron chi connectivity index (χ1n) is 12.3. The lowest BCUT2D eigenvalue weighted by atomic mass is 9.90. The van der Waals surface area contributed by atoms with E-state index >= 15 is 0 Å². The maximum Gasteiger partial charge on any atom is 0.319 e. The molecule has 2 amide bonds. The van der Waals surface area contributed by atoms with Gasteiger partial charge in [0.05, 0.1) is 21.3 Å². The second-order valence-electron chi connectivity index (χ2n) is 10.3. The molecule has 4 rings (SSSR count). The van der Waals surface area contributed by atoms with E-state index in [1.807, 2.05) is 35.7 Å². The number of rotatable bonds is 7. The number of aromatic nitrogens is 1. The highest BCUT2D eigenvalue weighted by molar-refractivity contribution is 7.89. The lowest BCUT2D eigenvalue weighted by molar-refractivity contribution is 0.251.